The third kappa shape index (κ3) is 5.17. The minimum absolute atomic E-state index is 0.129. The molecular formula is C22H26FN3O. The van der Waals surface area contributed by atoms with Crippen molar-refractivity contribution in [1.82, 2.24) is 10.2 Å². The maximum Gasteiger partial charge on any atom is 0.244 e. The van der Waals surface area contributed by atoms with E-state index in [1.165, 1.54) is 23.9 Å². The fourth-order valence-corrected chi connectivity index (χ4v) is 3.18. The molecule has 1 unspecified atom stereocenters. The molecule has 0 spiro atoms. The van der Waals surface area contributed by atoms with Crippen LogP contribution in [0.15, 0.2) is 54.6 Å². The van der Waals surface area contributed by atoms with Crippen molar-refractivity contribution in [3.63, 3.8) is 0 Å². The molecule has 3 rings (SSSR count). The summed E-state index contributed by atoms with van der Waals surface area (Å²) in [5.41, 5.74) is 2.64. The van der Waals surface area contributed by atoms with Gasteiger partial charge in [-0.3, -0.25) is 4.79 Å². The predicted molar refractivity (Wildman–Crippen MR) is 108 cm³/mol. The number of carbonyl (C=O) groups is 1. The molecule has 0 aromatic heterocycles. The van der Waals surface area contributed by atoms with Gasteiger partial charge in [-0.05, 0) is 43.8 Å². The van der Waals surface area contributed by atoms with Crippen LogP contribution in [0, 0.1) is 5.82 Å². The number of halogens is 1. The van der Waals surface area contributed by atoms with Gasteiger partial charge in [0.15, 0.2) is 0 Å². The predicted octanol–water partition coefficient (Wildman–Crippen LogP) is 3.47. The molecule has 0 bridgehead atoms. The maximum absolute atomic E-state index is 13.6. The molecule has 2 aromatic rings. The average molecular weight is 367 g/mol. The Kier molecular flexibility index (Phi) is 6.24. The fraction of sp³-hybridized carbons (Fsp3) is 0.318. The summed E-state index contributed by atoms with van der Waals surface area (Å²) in [6.07, 6.45) is 2.87. The Morgan fingerprint density at radius 2 is 1.85 bits per heavy atom. The van der Waals surface area contributed by atoms with Gasteiger partial charge in [0.25, 0.3) is 0 Å². The molecule has 2 aromatic carbocycles. The van der Waals surface area contributed by atoms with E-state index in [1.807, 2.05) is 19.1 Å². The smallest absolute Gasteiger partial charge is 0.244 e. The lowest BCUT2D eigenvalue weighted by molar-refractivity contribution is -0.117. The first-order valence-electron chi connectivity index (χ1n) is 9.29. The van der Waals surface area contributed by atoms with E-state index in [4.69, 9.17) is 0 Å². The lowest BCUT2D eigenvalue weighted by Crippen LogP contribution is -2.44. The Morgan fingerprint density at radius 1 is 1.11 bits per heavy atom. The first-order chi connectivity index (χ1) is 13.0. The number of hydrogen-bond donors (Lipinski definition) is 1. The first kappa shape index (κ1) is 19.1. The Hall–Kier alpha value is -2.66. The van der Waals surface area contributed by atoms with Crippen LogP contribution in [0.3, 0.4) is 0 Å². The SMILES string of the molecule is CC(NC(=O)C=Cc1ccccc1F)c1cccc(N2CCN(C)CC2)c1. The second kappa shape index (κ2) is 8.82. The normalized spacial score (nSPS) is 16.5. The standard InChI is InChI=1S/C22H26FN3O/c1-17(24-22(27)11-10-18-6-3-4-9-21(18)23)19-7-5-8-20(16-19)26-14-12-25(2)13-15-26/h3-11,16-17H,12-15H2,1-2H3,(H,24,27). The highest BCUT2D eigenvalue weighted by Crippen LogP contribution is 2.22. The number of amides is 1. The van der Waals surface area contributed by atoms with E-state index in [2.05, 4.69) is 34.3 Å². The van der Waals surface area contributed by atoms with E-state index in [0.717, 1.165) is 31.7 Å². The molecule has 0 aliphatic carbocycles. The number of anilines is 1. The lowest BCUT2D eigenvalue weighted by Gasteiger charge is -2.34. The number of piperazine rings is 1. The molecule has 1 aliphatic rings. The van der Waals surface area contributed by atoms with Crippen LogP contribution in [0.25, 0.3) is 6.08 Å². The maximum atomic E-state index is 13.6. The van der Waals surface area contributed by atoms with Crippen LogP contribution in [0.5, 0.6) is 0 Å². The molecular weight excluding hydrogens is 341 g/mol. The van der Waals surface area contributed by atoms with Crippen molar-refractivity contribution in [3.8, 4) is 0 Å². The van der Waals surface area contributed by atoms with Crippen LogP contribution in [0.1, 0.15) is 24.1 Å². The van der Waals surface area contributed by atoms with E-state index in [-0.39, 0.29) is 17.8 Å². The van der Waals surface area contributed by atoms with Crippen molar-refractivity contribution in [2.24, 2.45) is 0 Å². The number of rotatable bonds is 5. The molecule has 1 fully saturated rings. The second-order valence-electron chi connectivity index (χ2n) is 6.97. The molecule has 142 valence electrons. The Balaban J connectivity index is 1.62. The van der Waals surface area contributed by atoms with Crippen molar-refractivity contribution >= 4 is 17.7 Å². The van der Waals surface area contributed by atoms with Crippen LogP contribution < -0.4 is 10.2 Å². The van der Waals surface area contributed by atoms with Gasteiger partial charge in [0.05, 0.1) is 6.04 Å². The Bertz CT molecular complexity index is 813. The number of hydrogen-bond acceptors (Lipinski definition) is 3. The van der Waals surface area contributed by atoms with Gasteiger partial charge in [-0.2, -0.15) is 0 Å². The number of nitrogens with one attached hydrogen (secondary N) is 1. The largest absolute Gasteiger partial charge is 0.369 e. The molecule has 5 heteroatoms. The zero-order chi connectivity index (χ0) is 19.2. The monoisotopic (exact) mass is 367 g/mol. The van der Waals surface area contributed by atoms with Crippen LogP contribution in [0.4, 0.5) is 10.1 Å². The van der Waals surface area contributed by atoms with E-state index in [1.54, 1.807) is 18.2 Å². The number of likely N-dealkylation sites (N-methyl/N-ethyl adjacent to an activating group) is 1. The van der Waals surface area contributed by atoms with Gasteiger partial charge in [-0.25, -0.2) is 4.39 Å². The molecule has 1 amide bonds. The molecule has 1 aliphatic heterocycles. The third-order valence-electron chi connectivity index (χ3n) is 4.92. The van der Waals surface area contributed by atoms with Crippen molar-refractivity contribution in [2.75, 3.05) is 38.1 Å². The second-order valence-corrected chi connectivity index (χ2v) is 6.97. The minimum atomic E-state index is -0.338. The summed E-state index contributed by atoms with van der Waals surface area (Å²) in [5.74, 6) is -0.578. The van der Waals surface area contributed by atoms with Gasteiger partial charge in [-0.15, -0.1) is 0 Å². The van der Waals surface area contributed by atoms with Crippen LogP contribution in [-0.2, 0) is 4.79 Å². The van der Waals surface area contributed by atoms with Crippen LogP contribution in [0.2, 0.25) is 0 Å². The van der Waals surface area contributed by atoms with Gasteiger partial charge in [0, 0.05) is 43.5 Å². The first-order valence-corrected chi connectivity index (χ1v) is 9.29. The average Bonchev–Trinajstić information content (AvgIpc) is 2.68. The highest BCUT2D eigenvalue weighted by molar-refractivity contribution is 5.92. The van der Waals surface area contributed by atoms with Crippen molar-refractivity contribution < 1.29 is 9.18 Å². The zero-order valence-corrected chi connectivity index (χ0v) is 15.9. The Morgan fingerprint density at radius 3 is 2.59 bits per heavy atom. The summed E-state index contributed by atoms with van der Waals surface area (Å²) < 4.78 is 13.6. The highest BCUT2D eigenvalue weighted by atomic mass is 19.1. The molecule has 0 saturated carbocycles. The molecule has 1 saturated heterocycles. The number of nitrogens with zero attached hydrogens (tertiary/aromatic N) is 2. The molecule has 1 heterocycles. The quantitative estimate of drug-likeness (QED) is 0.822. The van der Waals surface area contributed by atoms with Gasteiger partial charge < -0.3 is 15.1 Å². The summed E-state index contributed by atoms with van der Waals surface area (Å²) in [6.45, 7) is 6.07. The summed E-state index contributed by atoms with van der Waals surface area (Å²) in [5, 5.41) is 2.95. The van der Waals surface area contributed by atoms with Crippen molar-refractivity contribution in [1.29, 1.82) is 0 Å². The highest BCUT2D eigenvalue weighted by Gasteiger charge is 2.15. The summed E-state index contributed by atoms with van der Waals surface area (Å²) in [6, 6.07) is 14.6. The van der Waals surface area contributed by atoms with Crippen LogP contribution >= 0.6 is 0 Å². The van der Waals surface area contributed by atoms with Gasteiger partial charge in [-0.1, -0.05) is 30.3 Å². The Labute approximate surface area is 160 Å². The molecule has 4 nitrogen and oxygen atoms in total. The van der Waals surface area contributed by atoms with Crippen LogP contribution in [-0.4, -0.2) is 44.0 Å². The van der Waals surface area contributed by atoms with Gasteiger partial charge in [0.1, 0.15) is 5.82 Å². The molecule has 1 atom stereocenters. The van der Waals surface area contributed by atoms with E-state index < -0.39 is 0 Å². The number of benzene rings is 2. The van der Waals surface area contributed by atoms with E-state index >= 15 is 0 Å². The molecule has 27 heavy (non-hydrogen) atoms. The fourth-order valence-electron chi connectivity index (χ4n) is 3.18. The zero-order valence-electron chi connectivity index (χ0n) is 15.9. The lowest BCUT2D eigenvalue weighted by atomic mass is 10.1. The molecule has 0 radical (unpaired) electrons. The molecule has 1 N–H and O–H groups in total. The summed E-state index contributed by atoms with van der Waals surface area (Å²) in [4.78, 5) is 16.9. The topological polar surface area (TPSA) is 35.6 Å². The van der Waals surface area contributed by atoms with Crippen molar-refractivity contribution in [2.45, 2.75) is 13.0 Å². The van der Waals surface area contributed by atoms with Gasteiger partial charge >= 0.3 is 0 Å². The van der Waals surface area contributed by atoms with Crippen molar-refractivity contribution in [3.05, 3.63) is 71.6 Å². The summed E-state index contributed by atoms with van der Waals surface area (Å²) in [7, 11) is 2.14. The summed E-state index contributed by atoms with van der Waals surface area (Å²) >= 11 is 0. The minimum Gasteiger partial charge on any atom is -0.369 e. The number of carbonyl (C=O) groups excluding carboxylic acids is 1. The third-order valence-corrected chi connectivity index (χ3v) is 4.92. The van der Waals surface area contributed by atoms with E-state index in [0.29, 0.717) is 5.56 Å². The van der Waals surface area contributed by atoms with E-state index in [9.17, 15) is 9.18 Å². The van der Waals surface area contributed by atoms with Gasteiger partial charge in [0.2, 0.25) is 5.91 Å².